The molecule has 0 aliphatic heterocycles. The average Bonchev–Trinajstić information content (AvgIpc) is 2.69. The molecule has 0 saturated heterocycles. The first-order valence-electron chi connectivity index (χ1n) is 8.32. The summed E-state index contributed by atoms with van der Waals surface area (Å²) in [7, 11) is 1.73. The molecule has 0 unspecified atom stereocenters. The van der Waals surface area contributed by atoms with Gasteiger partial charge in [0.2, 0.25) is 5.91 Å². The highest BCUT2D eigenvalue weighted by Crippen LogP contribution is 2.19. The minimum Gasteiger partial charge on any atom is -0.300 e. The number of hydrogen-bond acceptors (Lipinski definition) is 2. The number of carbonyl (C=O) groups excluding carboxylic acids is 1. The number of amidine groups is 1. The number of aliphatic imine (C=N–C) groups is 1. The van der Waals surface area contributed by atoms with Crippen LogP contribution in [-0.2, 0) is 4.79 Å². The van der Waals surface area contributed by atoms with Crippen LogP contribution in [0.15, 0.2) is 98.9 Å². The number of hydrogen-bond donors (Lipinski definition) is 0. The highest BCUT2D eigenvalue weighted by atomic mass is 79.9. The van der Waals surface area contributed by atoms with Gasteiger partial charge in [-0.1, -0.05) is 80.4 Å². The van der Waals surface area contributed by atoms with Crippen molar-refractivity contribution < 1.29 is 4.79 Å². The quantitative estimate of drug-likeness (QED) is 0.301. The lowest BCUT2D eigenvalue weighted by Crippen LogP contribution is -2.31. The zero-order chi connectivity index (χ0) is 19.6. The number of amides is 1. The van der Waals surface area contributed by atoms with Gasteiger partial charge in [-0.05, 0) is 36.4 Å². The lowest BCUT2D eigenvalue weighted by Gasteiger charge is -2.18. The van der Waals surface area contributed by atoms with Crippen LogP contribution in [0.4, 0.5) is 5.69 Å². The second-order valence-corrected chi connectivity index (χ2v) is 7.48. The molecule has 0 spiro atoms. The number of rotatable bonds is 2. The summed E-state index contributed by atoms with van der Waals surface area (Å²) in [6.45, 7) is 1.53. The van der Waals surface area contributed by atoms with Gasteiger partial charge < -0.3 is 0 Å². The number of halogens is 2. The normalized spacial score (nSPS) is 10.6. The average molecular weight is 488 g/mol. The maximum atomic E-state index is 11.6. The molecule has 27 heavy (non-hydrogen) atoms. The van der Waals surface area contributed by atoms with Crippen LogP contribution in [0, 0.1) is 0 Å². The molecular weight excluding hydrogens is 468 g/mol. The van der Waals surface area contributed by atoms with Crippen molar-refractivity contribution in [3.05, 3.63) is 99.4 Å². The summed E-state index contributed by atoms with van der Waals surface area (Å²) in [6.07, 6.45) is 0. The summed E-state index contributed by atoms with van der Waals surface area (Å²) < 4.78 is 2.13. The number of carbonyl (C=O) groups is 1. The number of benzene rings is 3. The molecule has 0 N–H and O–H groups in total. The first-order valence-corrected chi connectivity index (χ1v) is 9.90. The Hall–Kier alpha value is -2.24. The van der Waals surface area contributed by atoms with E-state index in [9.17, 15) is 4.79 Å². The smallest absolute Gasteiger partial charge is 0.224 e. The molecule has 3 aromatic carbocycles. The van der Waals surface area contributed by atoms with Gasteiger partial charge in [0.1, 0.15) is 5.84 Å². The van der Waals surface area contributed by atoms with Crippen LogP contribution in [-0.4, -0.2) is 23.7 Å². The molecule has 0 radical (unpaired) electrons. The molecule has 0 atom stereocenters. The first-order chi connectivity index (χ1) is 13.0. The maximum Gasteiger partial charge on any atom is 0.224 e. The van der Waals surface area contributed by atoms with Crippen LogP contribution in [0.5, 0.6) is 0 Å². The maximum absolute atomic E-state index is 11.6. The van der Waals surface area contributed by atoms with Gasteiger partial charge in [0.15, 0.2) is 0 Å². The molecule has 3 rings (SSSR count). The minimum absolute atomic E-state index is 0.0512. The van der Waals surface area contributed by atoms with E-state index in [0.717, 1.165) is 20.2 Å². The van der Waals surface area contributed by atoms with E-state index < -0.39 is 0 Å². The lowest BCUT2D eigenvalue weighted by atomic mass is 10.2. The van der Waals surface area contributed by atoms with Crippen LogP contribution in [0.1, 0.15) is 12.5 Å². The topological polar surface area (TPSA) is 32.7 Å². The van der Waals surface area contributed by atoms with Crippen molar-refractivity contribution in [2.75, 3.05) is 7.05 Å². The Balaban J connectivity index is 0.000000313. The fourth-order valence-corrected chi connectivity index (χ4v) is 2.69. The zero-order valence-electron chi connectivity index (χ0n) is 15.1. The van der Waals surface area contributed by atoms with Crippen molar-refractivity contribution in [3.63, 3.8) is 0 Å². The molecule has 0 heterocycles. The molecule has 0 aliphatic rings. The van der Waals surface area contributed by atoms with Crippen molar-refractivity contribution in [1.82, 2.24) is 4.90 Å². The molecule has 0 fully saturated rings. The van der Waals surface area contributed by atoms with Crippen LogP contribution in [0.2, 0.25) is 0 Å². The van der Waals surface area contributed by atoms with Gasteiger partial charge in [-0.3, -0.25) is 9.69 Å². The molecule has 5 heteroatoms. The Morgan fingerprint density at radius 1 is 0.778 bits per heavy atom. The van der Waals surface area contributed by atoms with E-state index in [1.807, 2.05) is 84.9 Å². The number of nitrogens with zero attached hydrogens (tertiary/aromatic N) is 2. The summed E-state index contributed by atoms with van der Waals surface area (Å²) in [5, 5.41) is 0. The third kappa shape index (κ3) is 7.12. The van der Waals surface area contributed by atoms with Crippen molar-refractivity contribution in [1.29, 1.82) is 0 Å². The minimum atomic E-state index is -0.0512. The molecule has 0 aliphatic carbocycles. The Bertz CT molecular complexity index is 879. The van der Waals surface area contributed by atoms with Crippen molar-refractivity contribution in [2.45, 2.75) is 6.92 Å². The predicted octanol–water partition coefficient (Wildman–Crippen LogP) is 6.45. The molecule has 1 amide bonds. The summed E-state index contributed by atoms with van der Waals surface area (Å²) in [5.41, 5.74) is 1.72. The van der Waals surface area contributed by atoms with Gasteiger partial charge in [0.05, 0.1) is 5.69 Å². The third-order valence-corrected chi connectivity index (χ3v) is 4.67. The van der Waals surface area contributed by atoms with E-state index in [0.29, 0.717) is 5.84 Å². The van der Waals surface area contributed by atoms with Crippen molar-refractivity contribution >= 4 is 49.3 Å². The SMILES string of the molecule is Brc1ccccc1.CC(=O)N(C)C(=Nc1ccc(Br)cc1)c1ccccc1. The predicted molar refractivity (Wildman–Crippen MR) is 119 cm³/mol. The standard InChI is InChI=1S/C16H15BrN2O.C6H5Br/c1-12(20)19(2)16(13-6-4-3-5-7-13)18-15-10-8-14(17)9-11-15;7-6-4-2-1-3-5-6/h3-11H,1-2H3;1-5H. The second-order valence-electron chi connectivity index (χ2n) is 5.65. The van der Waals surface area contributed by atoms with E-state index in [2.05, 4.69) is 36.9 Å². The molecule has 3 aromatic rings. The van der Waals surface area contributed by atoms with Gasteiger partial charge in [-0.15, -0.1) is 0 Å². The summed E-state index contributed by atoms with van der Waals surface area (Å²) in [6, 6.07) is 27.3. The van der Waals surface area contributed by atoms with E-state index in [4.69, 9.17) is 0 Å². The van der Waals surface area contributed by atoms with Crippen LogP contribution < -0.4 is 0 Å². The van der Waals surface area contributed by atoms with Gasteiger partial charge in [-0.2, -0.15) is 0 Å². The fourth-order valence-electron chi connectivity index (χ4n) is 2.12. The van der Waals surface area contributed by atoms with Gasteiger partial charge in [0, 0.05) is 28.5 Å². The molecular formula is C22H20Br2N2O. The summed E-state index contributed by atoms with van der Waals surface area (Å²) in [5.74, 6) is 0.588. The Labute approximate surface area is 177 Å². The first kappa shape index (κ1) is 21.1. The van der Waals surface area contributed by atoms with E-state index >= 15 is 0 Å². The molecule has 0 bridgehead atoms. The molecule has 0 aromatic heterocycles. The Morgan fingerprint density at radius 3 is 1.70 bits per heavy atom. The monoisotopic (exact) mass is 486 g/mol. The fraction of sp³-hybridized carbons (Fsp3) is 0.0909. The largest absolute Gasteiger partial charge is 0.300 e. The molecule has 3 nitrogen and oxygen atoms in total. The Morgan fingerprint density at radius 2 is 1.26 bits per heavy atom. The van der Waals surface area contributed by atoms with Crippen molar-refractivity contribution in [3.8, 4) is 0 Å². The molecule has 0 saturated carbocycles. The molecule has 138 valence electrons. The highest BCUT2D eigenvalue weighted by molar-refractivity contribution is 9.10. The van der Waals surface area contributed by atoms with Gasteiger partial charge >= 0.3 is 0 Å². The van der Waals surface area contributed by atoms with Crippen LogP contribution in [0.3, 0.4) is 0 Å². The summed E-state index contributed by atoms with van der Waals surface area (Å²) in [4.78, 5) is 17.8. The zero-order valence-corrected chi connectivity index (χ0v) is 18.3. The van der Waals surface area contributed by atoms with Gasteiger partial charge in [-0.25, -0.2) is 4.99 Å². The Kier molecular flexibility index (Phi) is 8.43. The van der Waals surface area contributed by atoms with E-state index in [1.165, 1.54) is 6.92 Å². The van der Waals surface area contributed by atoms with Gasteiger partial charge in [0.25, 0.3) is 0 Å². The lowest BCUT2D eigenvalue weighted by molar-refractivity contribution is -0.124. The van der Waals surface area contributed by atoms with Crippen LogP contribution in [0.25, 0.3) is 0 Å². The third-order valence-electron chi connectivity index (χ3n) is 3.62. The van der Waals surface area contributed by atoms with Crippen LogP contribution >= 0.6 is 31.9 Å². The van der Waals surface area contributed by atoms with E-state index in [1.54, 1.807) is 11.9 Å². The van der Waals surface area contributed by atoms with E-state index in [-0.39, 0.29) is 5.91 Å². The second kappa shape index (κ2) is 10.8. The summed E-state index contributed by atoms with van der Waals surface area (Å²) >= 11 is 6.71. The van der Waals surface area contributed by atoms with Crippen molar-refractivity contribution in [2.24, 2.45) is 4.99 Å². The highest BCUT2D eigenvalue weighted by Gasteiger charge is 2.13.